The summed E-state index contributed by atoms with van der Waals surface area (Å²) >= 11 is 0. The van der Waals surface area contributed by atoms with Gasteiger partial charge in [-0.05, 0) is 25.1 Å². The van der Waals surface area contributed by atoms with Crippen LogP contribution in [0.2, 0.25) is 0 Å². The summed E-state index contributed by atoms with van der Waals surface area (Å²) < 4.78 is 5.74. The minimum atomic E-state index is 0.0736. The largest absolute Gasteiger partial charge is 0.506 e. The molecule has 0 amide bonds. The maximum atomic E-state index is 9.81. The first-order chi connectivity index (χ1) is 9.95. The van der Waals surface area contributed by atoms with E-state index in [0.717, 1.165) is 17.1 Å². The molecule has 0 radical (unpaired) electrons. The molecule has 21 heavy (non-hydrogen) atoms. The number of ether oxygens (including phenoxy) is 1. The second-order valence-electron chi connectivity index (χ2n) is 6.16. The van der Waals surface area contributed by atoms with E-state index in [0.29, 0.717) is 18.8 Å². The minimum Gasteiger partial charge on any atom is -0.506 e. The first-order valence-corrected chi connectivity index (χ1v) is 7.12. The number of hydrogen-bond acceptors (Lipinski definition) is 4. The molecule has 2 N–H and O–H groups in total. The van der Waals surface area contributed by atoms with Crippen molar-refractivity contribution in [2.24, 2.45) is 0 Å². The number of nitrogens with zero attached hydrogens (tertiary/aromatic N) is 1. The van der Waals surface area contributed by atoms with Crippen LogP contribution in [0.25, 0.3) is 0 Å². The van der Waals surface area contributed by atoms with E-state index in [4.69, 9.17) is 4.74 Å². The molecule has 1 aliphatic heterocycles. The van der Waals surface area contributed by atoms with E-state index in [2.05, 4.69) is 30.2 Å². The van der Waals surface area contributed by atoms with Gasteiger partial charge in [0.15, 0.2) is 0 Å². The van der Waals surface area contributed by atoms with Crippen molar-refractivity contribution in [1.82, 2.24) is 4.98 Å². The fourth-order valence-corrected chi connectivity index (χ4v) is 2.57. The van der Waals surface area contributed by atoms with Crippen LogP contribution >= 0.6 is 0 Å². The molecule has 1 aliphatic rings. The second kappa shape index (κ2) is 4.95. The Bertz CT molecular complexity index is 680. The number of fused-ring (bicyclic) bond motifs is 1. The number of nitrogens with one attached hydrogen (secondary N) is 1. The van der Waals surface area contributed by atoms with Crippen molar-refractivity contribution in [2.45, 2.75) is 32.7 Å². The smallest absolute Gasteiger partial charge is 0.138 e. The van der Waals surface area contributed by atoms with Gasteiger partial charge in [0.05, 0.1) is 13.2 Å². The van der Waals surface area contributed by atoms with Crippen LogP contribution in [0, 0.1) is 6.92 Å². The molecule has 0 fully saturated rings. The monoisotopic (exact) mass is 284 g/mol. The van der Waals surface area contributed by atoms with E-state index in [1.807, 2.05) is 19.1 Å². The van der Waals surface area contributed by atoms with Crippen LogP contribution in [-0.4, -0.2) is 16.7 Å². The maximum absolute atomic E-state index is 9.81. The molecule has 0 saturated heterocycles. The fraction of sp³-hybridized carbons (Fsp3) is 0.353. The molecule has 4 nitrogen and oxygen atoms in total. The highest BCUT2D eigenvalue weighted by Gasteiger charge is 2.31. The molecular weight excluding hydrogens is 264 g/mol. The Kier molecular flexibility index (Phi) is 3.24. The molecular formula is C17H20N2O2. The molecule has 1 aromatic carbocycles. The van der Waals surface area contributed by atoms with E-state index in [9.17, 15) is 5.11 Å². The number of benzene rings is 1. The van der Waals surface area contributed by atoms with Crippen LogP contribution in [0.4, 0.5) is 5.69 Å². The van der Waals surface area contributed by atoms with Gasteiger partial charge in [-0.15, -0.1) is 0 Å². The van der Waals surface area contributed by atoms with Crippen molar-refractivity contribution >= 4 is 5.69 Å². The van der Waals surface area contributed by atoms with Gasteiger partial charge in [0.25, 0.3) is 0 Å². The molecule has 0 aliphatic carbocycles. The third-order valence-electron chi connectivity index (χ3n) is 3.85. The van der Waals surface area contributed by atoms with E-state index in [-0.39, 0.29) is 11.2 Å². The van der Waals surface area contributed by atoms with Gasteiger partial charge in [0.1, 0.15) is 17.2 Å². The maximum Gasteiger partial charge on any atom is 0.138 e. The highest BCUT2D eigenvalue weighted by Crippen LogP contribution is 2.39. The fourth-order valence-electron chi connectivity index (χ4n) is 2.57. The predicted octanol–water partition coefficient (Wildman–Crippen LogP) is 3.38. The molecule has 0 spiro atoms. The van der Waals surface area contributed by atoms with Gasteiger partial charge in [0.2, 0.25) is 0 Å². The van der Waals surface area contributed by atoms with Gasteiger partial charge >= 0.3 is 0 Å². The normalized spacial score (nSPS) is 15.4. The summed E-state index contributed by atoms with van der Waals surface area (Å²) in [5.74, 6) is 1.15. The summed E-state index contributed by atoms with van der Waals surface area (Å²) in [6.45, 7) is 7.47. The molecule has 3 rings (SSSR count). The number of hydrogen-bond donors (Lipinski definition) is 2. The molecule has 110 valence electrons. The van der Waals surface area contributed by atoms with E-state index in [1.165, 1.54) is 5.56 Å². The first-order valence-electron chi connectivity index (χ1n) is 7.12. The zero-order valence-electron chi connectivity index (χ0n) is 12.6. The van der Waals surface area contributed by atoms with Gasteiger partial charge in [-0.1, -0.05) is 19.9 Å². The molecule has 0 atom stereocenters. The Labute approximate surface area is 124 Å². The second-order valence-corrected chi connectivity index (χ2v) is 6.16. The topological polar surface area (TPSA) is 54.4 Å². The summed E-state index contributed by atoms with van der Waals surface area (Å²) in [5.41, 5.74) is 3.82. The van der Waals surface area contributed by atoms with Crippen LogP contribution in [-0.2, 0) is 12.0 Å². The highest BCUT2D eigenvalue weighted by atomic mass is 16.5. The van der Waals surface area contributed by atoms with E-state index < -0.39 is 0 Å². The van der Waals surface area contributed by atoms with E-state index in [1.54, 1.807) is 12.1 Å². The van der Waals surface area contributed by atoms with Crippen molar-refractivity contribution in [1.29, 1.82) is 0 Å². The lowest BCUT2D eigenvalue weighted by Crippen LogP contribution is -2.18. The summed E-state index contributed by atoms with van der Waals surface area (Å²) in [6.07, 6.45) is 0. The van der Waals surface area contributed by atoms with Crippen LogP contribution in [0.5, 0.6) is 11.5 Å². The third kappa shape index (κ3) is 2.66. The summed E-state index contributed by atoms with van der Waals surface area (Å²) in [5, 5.41) is 13.1. The van der Waals surface area contributed by atoms with Crippen molar-refractivity contribution < 1.29 is 9.84 Å². The Morgan fingerprint density at radius 1 is 1.29 bits per heavy atom. The number of aromatic hydroxyl groups is 1. The first kappa shape index (κ1) is 13.7. The van der Waals surface area contributed by atoms with Gasteiger partial charge in [-0.25, -0.2) is 0 Å². The zero-order valence-corrected chi connectivity index (χ0v) is 12.6. The standard InChI is InChI=1S/C17H20N2O2/c1-11-4-7-15(20)14(19-11)9-18-12-5-6-13-16(8-12)21-10-17(13,2)3/h4-8,18,20H,9-10H2,1-3H3. The van der Waals surface area contributed by atoms with Crippen molar-refractivity contribution in [3.05, 3.63) is 47.3 Å². The number of rotatable bonds is 3. The lowest BCUT2D eigenvalue weighted by molar-refractivity contribution is 0.291. The number of aromatic nitrogens is 1. The molecule has 2 heterocycles. The average molecular weight is 284 g/mol. The Morgan fingerprint density at radius 3 is 2.90 bits per heavy atom. The highest BCUT2D eigenvalue weighted by molar-refractivity contribution is 5.55. The summed E-state index contributed by atoms with van der Waals surface area (Å²) in [7, 11) is 0. The predicted molar refractivity (Wildman–Crippen MR) is 82.9 cm³/mol. The lowest BCUT2D eigenvalue weighted by atomic mass is 9.87. The van der Waals surface area contributed by atoms with Crippen LogP contribution < -0.4 is 10.1 Å². The van der Waals surface area contributed by atoms with Gasteiger partial charge < -0.3 is 15.2 Å². The molecule has 2 aromatic rings. The molecule has 4 heteroatoms. The summed E-state index contributed by atoms with van der Waals surface area (Å²) in [6, 6.07) is 9.63. The van der Waals surface area contributed by atoms with Crippen molar-refractivity contribution in [3.63, 3.8) is 0 Å². The molecule has 0 bridgehead atoms. The Hall–Kier alpha value is -2.23. The summed E-state index contributed by atoms with van der Waals surface area (Å²) in [4.78, 5) is 4.34. The van der Waals surface area contributed by atoms with Crippen molar-refractivity contribution in [2.75, 3.05) is 11.9 Å². The molecule has 1 aromatic heterocycles. The van der Waals surface area contributed by atoms with Crippen LogP contribution in [0.3, 0.4) is 0 Å². The van der Waals surface area contributed by atoms with Crippen molar-refractivity contribution in [3.8, 4) is 11.5 Å². The lowest BCUT2D eigenvalue weighted by Gasteiger charge is -2.15. The Balaban J connectivity index is 1.76. The molecule has 0 unspecified atom stereocenters. The number of anilines is 1. The average Bonchev–Trinajstić information content (AvgIpc) is 2.75. The number of pyridine rings is 1. The van der Waals surface area contributed by atoms with E-state index >= 15 is 0 Å². The quantitative estimate of drug-likeness (QED) is 0.907. The molecule has 0 saturated carbocycles. The van der Waals surface area contributed by atoms with Crippen LogP contribution in [0.15, 0.2) is 30.3 Å². The zero-order chi connectivity index (χ0) is 15.0. The van der Waals surface area contributed by atoms with Crippen LogP contribution in [0.1, 0.15) is 30.8 Å². The third-order valence-corrected chi connectivity index (χ3v) is 3.85. The minimum absolute atomic E-state index is 0.0736. The number of aryl methyl sites for hydroxylation is 1. The Morgan fingerprint density at radius 2 is 2.10 bits per heavy atom. The SMILES string of the molecule is Cc1ccc(O)c(CNc2ccc3c(c2)OCC3(C)C)n1. The van der Waals surface area contributed by atoms with Gasteiger partial charge in [-0.2, -0.15) is 0 Å². The van der Waals surface area contributed by atoms with Gasteiger partial charge in [-0.3, -0.25) is 4.98 Å². The van der Waals surface area contributed by atoms with Gasteiger partial charge in [0, 0.05) is 28.4 Å².